The van der Waals surface area contributed by atoms with E-state index in [1.54, 1.807) is 24.3 Å². The molecule has 0 saturated carbocycles. The molecule has 0 unspecified atom stereocenters. The number of ketones is 1. The van der Waals surface area contributed by atoms with E-state index in [1.165, 1.54) is 10.6 Å². The Morgan fingerprint density at radius 3 is 2.42 bits per heavy atom. The highest BCUT2D eigenvalue weighted by Crippen LogP contribution is 2.24. The first-order valence-electron chi connectivity index (χ1n) is 10.4. The molecule has 0 spiro atoms. The second kappa shape index (κ2) is 8.60. The maximum absolute atomic E-state index is 13.4. The number of hydrogen-bond acceptors (Lipinski definition) is 4. The molecule has 0 atom stereocenters. The number of carbonyl (C=O) groups excluding carboxylic acids is 2. The van der Waals surface area contributed by atoms with Gasteiger partial charge in [0.25, 0.3) is 11.5 Å². The molecule has 0 radical (unpaired) electrons. The van der Waals surface area contributed by atoms with Gasteiger partial charge in [0, 0.05) is 29.1 Å². The minimum Gasteiger partial charge on any atom is -0.494 e. The maximum atomic E-state index is 13.4. The van der Waals surface area contributed by atoms with E-state index in [1.807, 2.05) is 38.1 Å². The third-order valence-corrected chi connectivity index (χ3v) is 5.38. The van der Waals surface area contributed by atoms with Crippen LogP contribution in [0.15, 0.2) is 59.4 Å². The van der Waals surface area contributed by atoms with E-state index in [4.69, 9.17) is 4.74 Å². The molecule has 1 aliphatic rings. The lowest BCUT2D eigenvalue weighted by Crippen LogP contribution is -2.33. The van der Waals surface area contributed by atoms with Crippen LogP contribution in [0.5, 0.6) is 5.75 Å². The molecule has 0 bridgehead atoms. The maximum Gasteiger partial charge on any atom is 0.268 e. The van der Waals surface area contributed by atoms with Gasteiger partial charge in [0.05, 0.1) is 6.61 Å². The van der Waals surface area contributed by atoms with Crippen molar-refractivity contribution in [3.8, 4) is 11.4 Å². The van der Waals surface area contributed by atoms with E-state index in [0.29, 0.717) is 54.3 Å². The fourth-order valence-electron chi connectivity index (χ4n) is 3.82. The number of hydrogen-bond donors (Lipinski definition) is 1. The van der Waals surface area contributed by atoms with Crippen molar-refractivity contribution in [1.82, 2.24) is 4.57 Å². The lowest BCUT2D eigenvalue weighted by Gasteiger charge is -2.21. The van der Waals surface area contributed by atoms with Crippen LogP contribution in [0, 0.1) is 6.92 Å². The van der Waals surface area contributed by atoms with E-state index >= 15 is 0 Å². The molecule has 0 saturated heterocycles. The zero-order valence-corrected chi connectivity index (χ0v) is 17.6. The van der Waals surface area contributed by atoms with E-state index < -0.39 is 11.5 Å². The number of anilines is 1. The number of Topliss-reactive ketones (excluding diaryl/α,β-unsaturated/α-hetero) is 1. The highest BCUT2D eigenvalue weighted by atomic mass is 16.5. The van der Waals surface area contributed by atoms with Gasteiger partial charge in [-0.25, -0.2) is 0 Å². The molecule has 158 valence electrons. The van der Waals surface area contributed by atoms with Crippen molar-refractivity contribution in [1.29, 1.82) is 0 Å². The van der Waals surface area contributed by atoms with Gasteiger partial charge in [-0.15, -0.1) is 0 Å². The predicted molar refractivity (Wildman–Crippen MR) is 120 cm³/mol. The van der Waals surface area contributed by atoms with Crippen molar-refractivity contribution < 1.29 is 14.3 Å². The van der Waals surface area contributed by atoms with Crippen LogP contribution in [0.1, 0.15) is 51.7 Å². The Hall–Kier alpha value is -3.67. The summed E-state index contributed by atoms with van der Waals surface area (Å²) < 4.78 is 6.93. The molecule has 1 aliphatic carbocycles. The Morgan fingerprint density at radius 1 is 1.03 bits per heavy atom. The molecule has 4 rings (SSSR count). The van der Waals surface area contributed by atoms with Crippen LogP contribution in [0.4, 0.5) is 5.69 Å². The molecule has 6 nitrogen and oxygen atoms in total. The van der Waals surface area contributed by atoms with Crippen molar-refractivity contribution in [2.75, 3.05) is 11.9 Å². The van der Waals surface area contributed by atoms with Crippen molar-refractivity contribution in [3.63, 3.8) is 0 Å². The number of benzene rings is 2. The average molecular weight is 416 g/mol. The van der Waals surface area contributed by atoms with Gasteiger partial charge in [-0.2, -0.15) is 0 Å². The second-order valence-electron chi connectivity index (χ2n) is 7.58. The van der Waals surface area contributed by atoms with E-state index in [9.17, 15) is 14.4 Å². The van der Waals surface area contributed by atoms with Crippen molar-refractivity contribution in [3.05, 3.63) is 87.3 Å². The first-order valence-corrected chi connectivity index (χ1v) is 10.4. The van der Waals surface area contributed by atoms with E-state index in [-0.39, 0.29) is 11.3 Å². The smallest absolute Gasteiger partial charge is 0.268 e. The Balaban J connectivity index is 1.77. The van der Waals surface area contributed by atoms with Crippen molar-refractivity contribution in [2.24, 2.45) is 0 Å². The molecule has 0 fully saturated rings. The number of pyridine rings is 1. The summed E-state index contributed by atoms with van der Waals surface area (Å²) in [5, 5.41) is 2.76. The summed E-state index contributed by atoms with van der Waals surface area (Å²) in [5.74, 6) is 0.107. The fraction of sp³-hybridized carbons (Fsp3) is 0.240. The number of ether oxygens (including phenoxy) is 1. The van der Waals surface area contributed by atoms with Crippen molar-refractivity contribution >= 4 is 17.4 Å². The molecule has 31 heavy (non-hydrogen) atoms. The first kappa shape index (κ1) is 20.6. The summed E-state index contributed by atoms with van der Waals surface area (Å²) >= 11 is 0. The normalized spacial score (nSPS) is 12.9. The SMILES string of the molecule is CCOc1ccc(NC(=O)c2cc3c(n(-c4ccc(C)cc4)c2=O)CCCC3=O)cc1. The molecule has 0 aliphatic heterocycles. The number of rotatable bonds is 5. The molecule has 1 amide bonds. The van der Waals surface area contributed by atoms with Gasteiger partial charge < -0.3 is 10.1 Å². The molecular weight excluding hydrogens is 392 g/mol. The van der Waals surface area contributed by atoms with Crippen LogP contribution >= 0.6 is 0 Å². The van der Waals surface area contributed by atoms with Crippen molar-refractivity contribution in [2.45, 2.75) is 33.1 Å². The molecule has 1 aromatic heterocycles. The minimum atomic E-state index is -0.545. The van der Waals surface area contributed by atoms with Crippen LogP contribution < -0.4 is 15.6 Å². The lowest BCUT2D eigenvalue weighted by atomic mass is 9.92. The highest BCUT2D eigenvalue weighted by Gasteiger charge is 2.26. The second-order valence-corrected chi connectivity index (χ2v) is 7.58. The quantitative estimate of drug-likeness (QED) is 0.672. The topological polar surface area (TPSA) is 77.4 Å². The Kier molecular flexibility index (Phi) is 5.71. The van der Waals surface area contributed by atoms with Crippen LogP contribution in [-0.2, 0) is 6.42 Å². The largest absolute Gasteiger partial charge is 0.494 e. The molecular formula is C25H24N2O4. The van der Waals surface area contributed by atoms with Gasteiger partial charge in [0.2, 0.25) is 0 Å². The number of carbonyl (C=O) groups is 2. The van der Waals surface area contributed by atoms with Crippen LogP contribution in [0.3, 0.4) is 0 Å². The standard InChI is InChI=1S/C25H24N2O4/c1-3-31-19-13-9-17(10-14-19)26-24(29)21-15-20-22(5-4-6-23(20)28)27(25(21)30)18-11-7-16(2)8-12-18/h7-15H,3-6H2,1-2H3,(H,26,29). The van der Waals surface area contributed by atoms with Crippen LogP contribution in [0.25, 0.3) is 5.69 Å². The number of nitrogens with one attached hydrogen (secondary N) is 1. The van der Waals surface area contributed by atoms with Gasteiger partial charge in [-0.05, 0) is 69.2 Å². The first-order chi connectivity index (χ1) is 15.0. The zero-order valence-electron chi connectivity index (χ0n) is 17.6. The van der Waals surface area contributed by atoms with Gasteiger partial charge in [0.1, 0.15) is 11.3 Å². The van der Waals surface area contributed by atoms with E-state index in [2.05, 4.69) is 5.32 Å². The van der Waals surface area contributed by atoms with E-state index in [0.717, 1.165) is 5.56 Å². The number of nitrogens with zero attached hydrogens (tertiary/aromatic N) is 1. The Bertz CT molecular complexity index is 1190. The van der Waals surface area contributed by atoms with Gasteiger partial charge >= 0.3 is 0 Å². The molecule has 1 N–H and O–H groups in total. The number of aryl methyl sites for hydroxylation is 1. The summed E-state index contributed by atoms with van der Waals surface area (Å²) in [4.78, 5) is 39.0. The third kappa shape index (κ3) is 4.14. The van der Waals surface area contributed by atoms with Gasteiger partial charge in [-0.1, -0.05) is 17.7 Å². The molecule has 3 aromatic rings. The molecule has 6 heteroatoms. The Morgan fingerprint density at radius 2 is 1.74 bits per heavy atom. The van der Waals surface area contributed by atoms with Crippen LogP contribution in [-0.4, -0.2) is 22.9 Å². The predicted octanol–water partition coefficient (Wildman–Crippen LogP) is 4.32. The summed E-state index contributed by atoms with van der Waals surface area (Å²) in [7, 11) is 0. The zero-order chi connectivity index (χ0) is 22.0. The van der Waals surface area contributed by atoms with Gasteiger partial charge in [0.15, 0.2) is 5.78 Å². The number of fused-ring (bicyclic) bond motifs is 1. The number of aromatic nitrogens is 1. The average Bonchev–Trinajstić information content (AvgIpc) is 2.76. The monoisotopic (exact) mass is 416 g/mol. The Labute approximate surface area is 180 Å². The van der Waals surface area contributed by atoms with Gasteiger partial charge in [-0.3, -0.25) is 19.0 Å². The molecule has 2 aromatic carbocycles. The number of amides is 1. The lowest BCUT2D eigenvalue weighted by molar-refractivity contribution is 0.0971. The minimum absolute atomic E-state index is 0.0442. The summed E-state index contributed by atoms with van der Waals surface area (Å²) in [6.07, 6.45) is 1.72. The van der Waals surface area contributed by atoms with Crippen LogP contribution in [0.2, 0.25) is 0 Å². The third-order valence-electron chi connectivity index (χ3n) is 5.38. The highest BCUT2D eigenvalue weighted by molar-refractivity contribution is 6.06. The fourth-order valence-corrected chi connectivity index (χ4v) is 3.82. The summed E-state index contributed by atoms with van der Waals surface area (Å²) in [6, 6.07) is 15.9. The summed E-state index contributed by atoms with van der Waals surface area (Å²) in [6.45, 7) is 4.41. The summed E-state index contributed by atoms with van der Waals surface area (Å²) in [5.41, 5.74) is 2.89. The molecule has 1 heterocycles.